The Morgan fingerprint density at radius 1 is 1.30 bits per heavy atom. The molecule has 120 valence electrons. The topological polar surface area (TPSA) is 54.5 Å². The van der Waals surface area contributed by atoms with E-state index in [0.717, 1.165) is 0 Å². The van der Waals surface area contributed by atoms with Gasteiger partial charge < -0.3 is 15.0 Å². The molecule has 23 heavy (non-hydrogen) atoms. The van der Waals surface area contributed by atoms with Gasteiger partial charge in [0, 0.05) is 23.8 Å². The summed E-state index contributed by atoms with van der Waals surface area (Å²) in [4.78, 5) is 18.7. The van der Waals surface area contributed by atoms with Crippen molar-refractivity contribution in [2.24, 2.45) is 0 Å². The first-order valence-electron chi connectivity index (χ1n) is 7.19. The molecule has 2 aromatic rings. The Morgan fingerprint density at radius 3 is 2.83 bits per heavy atom. The van der Waals surface area contributed by atoms with Crippen molar-refractivity contribution in [1.82, 2.24) is 4.98 Å². The summed E-state index contributed by atoms with van der Waals surface area (Å²) in [5, 5.41) is 2.75. The van der Waals surface area contributed by atoms with Gasteiger partial charge in [-0.3, -0.25) is 4.79 Å². The molecule has 0 aliphatic carbocycles. The maximum Gasteiger partial charge on any atom is 0.258 e. The Labute approximate surface area is 141 Å². The normalized spacial score (nSPS) is 14.6. The number of benzene rings is 1. The molecule has 0 bridgehead atoms. The van der Waals surface area contributed by atoms with Gasteiger partial charge in [0.25, 0.3) is 5.91 Å². The summed E-state index contributed by atoms with van der Waals surface area (Å²) in [5.41, 5.74) is 0.548. The molecule has 1 amide bonds. The third-order valence-corrected chi connectivity index (χ3v) is 4.01. The van der Waals surface area contributed by atoms with Crippen LogP contribution in [0.5, 0.6) is 0 Å². The number of carbonyl (C=O) groups is 1. The number of anilines is 2. The highest BCUT2D eigenvalue weighted by atomic mass is 79.9. The van der Waals surface area contributed by atoms with E-state index in [1.54, 1.807) is 24.4 Å². The molecule has 1 N–H and O–H groups in total. The molecule has 0 saturated carbocycles. The SMILES string of the molecule is O=C(Nc1cccnc1N1CCOCC1)c1ccc(Br)cc1F. The number of nitrogens with one attached hydrogen (secondary N) is 1. The van der Waals surface area contributed by atoms with Gasteiger partial charge in [-0.05, 0) is 30.3 Å². The Balaban J connectivity index is 1.83. The molecule has 5 nitrogen and oxygen atoms in total. The molecule has 1 aromatic carbocycles. The van der Waals surface area contributed by atoms with Crippen LogP contribution in [0.3, 0.4) is 0 Å². The van der Waals surface area contributed by atoms with Crippen LogP contribution in [0.4, 0.5) is 15.9 Å². The van der Waals surface area contributed by atoms with E-state index in [2.05, 4.69) is 26.2 Å². The van der Waals surface area contributed by atoms with E-state index in [0.29, 0.717) is 42.3 Å². The van der Waals surface area contributed by atoms with Crippen LogP contribution in [-0.4, -0.2) is 37.2 Å². The van der Waals surface area contributed by atoms with Gasteiger partial charge in [-0.1, -0.05) is 15.9 Å². The van der Waals surface area contributed by atoms with Crippen LogP contribution in [0.1, 0.15) is 10.4 Å². The van der Waals surface area contributed by atoms with Crippen molar-refractivity contribution in [1.29, 1.82) is 0 Å². The maximum absolute atomic E-state index is 13.9. The molecule has 2 heterocycles. The number of morpholine rings is 1. The average molecular weight is 380 g/mol. The lowest BCUT2D eigenvalue weighted by Gasteiger charge is -2.29. The zero-order valence-corrected chi connectivity index (χ0v) is 13.8. The number of ether oxygens (including phenoxy) is 1. The van der Waals surface area contributed by atoms with Gasteiger partial charge in [-0.25, -0.2) is 9.37 Å². The Kier molecular flexibility index (Phi) is 4.88. The van der Waals surface area contributed by atoms with Crippen LogP contribution in [0.25, 0.3) is 0 Å². The van der Waals surface area contributed by atoms with Gasteiger partial charge in [0.1, 0.15) is 5.82 Å². The molecular weight excluding hydrogens is 365 g/mol. The second kappa shape index (κ2) is 7.06. The Morgan fingerprint density at radius 2 is 2.09 bits per heavy atom. The number of nitrogens with zero attached hydrogens (tertiary/aromatic N) is 2. The maximum atomic E-state index is 13.9. The number of halogens is 2. The van der Waals surface area contributed by atoms with Gasteiger partial charge >= 0.3 is 0 Å². The average Bonchev–Trinajstić information content (AvgIpc) is 2.56. The smallest absolute Gasteiger partial charge is 0.258 e. The van der Waals surface area contributed by atoms with E-state index in [-0.39, 0.29) is 5.56 Å². The zero-order chi connectivity index (χ0) is 16.2. The standard InChI is InChI=1S/C16H15BrFN3O2/c17-11-3-4-12(13(18)10-11)16(22)20-14-2-1-5-19-15(14)21-6-8-23-9-7-21/h1-5,10H,6-9H2,(H,20,22). The molecule has 7 heteroatoms. The molecule has 1 aromatic heterocycles. The van der Waals surface area contributed by atoms with Gasteiger partial charge in [-0.2, -0.15) is 0 Å². The number of pyridine rings is 1. The highest BCUT2D eigenvalue weighted by molar-refractivity contribution is 9.10. The second-order valence-electron chi connectivity index (χ2n) is 5.05. The van der Waals surface area contributed by atoms with Gasteiger partial charge in [0.05, 0.1) is 24.5 Å². The molecule has 0 atom stereocenters. The molecule has 1 fully saturated rings. The van der Waals surface area contributed by atoms with E-state index < -0.39 is 11.7 Å². The van der Waals surface area contributed by atoms with Gasteiger partial charge in [0.2, 0.25) is 0 Å². The van der Waals surface area contributed by atoms with Crippen LogP contribution in [-0.2, 0) is 4.74 Å². The molecule has 1 saturated heterocycles. The third-order valence-electron chi connectivity index (χ3n) is 3.52. The molecule has 1 aliphatic rings. The summed E-state index contributed by atoms with van der Waals surface area (Å²) in [6.07, 6.45) is 1.67. The van der Waals surface area contributed by atoms with E-state index in [1.165, 1.54) is 12.1 Å². The van der Waals surface area contributed by atoms with Crippen LogP contribution >= 0.6 is 15.9 Å². The molecule has 3 rings (SSSR count). The molecule has 1 aliphatic heterocycles. The van der Waals surface area contributed by atoms with E-state index in [9.17, 15) is 9.18 Å². The van der Waals surface area contributed by atoms with Crippen LogP contribution in [0, 0.1) is 5.82 Å². The summed E-state index contributed by atoms with van der Waals surface area (Å²) in [6, 6.07) is 7.83. The number of amides is 1. The summed E-state index contributed by atoms with van der Waals surface area (Å²) in [5.74, 6) is -0.409. The number of rotatable bonds is 3. The monoisotopic (exact) mass is 379 g/mol. The van der Waals surface area contributed by atoms with E-state index in [1.807, 2.05) is 4.90 Å². The fraction of sp³-hybridized carbons (Fsp3) is 0.250. The van der Waals surface area contributed by atoms with Crippen LogP contribution in [0.15, 0.2) is 41.0 Å². The first kappa shape index (κ1) is 15.9. The summed E-state index contributed by atoms with van der Waals surface area (Å²) in [6.45, 7) is 2.63. The zero-order valence-electron chi connectivity index (χ0n) is 12.3. The Bertz CT molecular complexity index is 720. The van der Waals surface area contributed by atoms with Gasteiger partial charge in [-0.15, -0.1) is 0 Å². The molecule has 0 spiro atoms. The highest BCUT2D eigenvalue weighted by Crippen LogP contribution is 2.25. The fourth-order valence-corrected chi connectivity index (χ4v) is 2.72. The minimum absolute atomic E-state index is 0.00928. The van der Waals surface area contributed by atoms with Crippen molar-refractivity contribution in [3.8, 4) is 0 Å². The number of hydrogen-bond acceptors (Lipinski definition) is 4. The van der Waals surface area contributed by atoms with Crippen LogP contribution < -0.4 is 10.2 Å². The minimum Gasteiger partial charge on any atom is -0.378 e. The summed E-state index contributed by atoms with van der Waals surface area (Å²) >= 11 is 3.18. The number of carbonyl (C=O) groups excluding carboxylic acids is 1. The van der Waals surface area contributed by atoms with Crippen molar-refractivity contribution < 1.29 is 13.9 Å². The van der Waals surface area contributed by atoms with Crippen molar-refractivity contribution in [3.05, 3.63) is 52.4 Å². The lowest BCUT2D eigenvalue weighted by molar-refractivity contribution is 0.102. The molecule has 0 radical (unpaired) electrons. The lowest BCUT2D eigenvalue weighted by atomic mass is 10.2. The van der Waals surface area contributed by atoms with Crippen LogP contribution in [0.2, 0.25) is 0 Å². The van der Waals surface area contributed by atoms with E-state index in [4.69, 9.17) is 4.74 Å². The second-order valence-corrected chi connectivity index (χ2v) is 5.97. The van der Waals surface area contributed by atoms with Crippen molar-refractivity contribution in [2.45, 2.75) is 0 Å². The van der Waals surface area contributed by atoms with Crippen molar-refractivity contribution in [3.63, 3.8) is 0 Å². The summed E-state index contributed by atoms with van der Waals surface area (Å²) < 4.78 is 19.8. The molecule has 0 unspecified atom stereocenters. The number of hydrogen-bond donors (Lipinski definition) is 1. The van der Waals surface area contributed by atoms with E-state index >= 15 is 0 Å². The van der Waals surface area contributed by atoms with Crippen molar-refractivity contribution in [2.75, 3.05) is 36.5 Å². The summed E-state index contributed by atoms with van der Waals surface area (Å²) in [7, 11) is 0. The largest absolute Gasteiger partial charge is 0.378 e. The predicted molar refractivity (Wildman–Crippen MR) is 89.3 cm³/mol. The fourth-order valence-electron chi connectivity index (χ4n) is 2.38. The van der Waals surface area contributed by atoms with Crippen molar-refractivity contribution >= 4 is 33.3 Å². The first-order chi connectivity index (χ1) is 11.1. The van der Waals surface area contributed by atoms with Gasteiger partial charge in [0.15, 0.2) is 5.82 Å². The highest BCUT2D eigenvalue weighted by Gasteiger charge is 2.19. The lowest BCUT2D eigenvalue weighted by Crippen LogP contribution is -2.37. The molecular formula is C16H15BrFN3O2. The minimum atomic E-state index is -0.575. The Hall–Kier alpha value is -1.99. The third kappa shape index (κ3) is 3.68. The first-order valence-corrected chi connectivity index (χ1v) is 7.98. The quantitative estimate of drug-likeness (QED) is 0.890. The number of aromatic nitrogens is 1. The predicted octanol–water partition coefficient (Wildman–Crippen LogP) is 3.07.